The first-order valence-electron chi connectivity index (χ1n) is 3.54. The molecule has 2 atom stereocenters. The Morgan fingerprint density at radius 3 is 1.60 bits per heavy atom. The Labute approximate surface area is 72.2 Å². The average Bonchev–Trinajstić information content (AvgIpc) is 1.84. The predicted molar refractivity (Wildman–Crippen MR) is 46.9 cm³/mol. The monoisotopic (exact) mass is 178 g/mol. The molecule has 0 aromatic heterocycles. The van der Waals surface area contributed by atoms with E-state index in [1.807, 2.05) is 0 Å². The van der Waals surface area contributed by atoms with Crippen LogP contribution in [0.15, 0.2) is 11.1 Å². The van der Waals surface area contributed by atoms with Gasteiger partial charge in [-0.3, -0.25) is 0 Å². The molecule has 0 fully saturated rings. The third-order valence-corrected chi connectivity index (χ3v) is 3.17. The molecule has 0 N–H and O–H groups in total. The van der Waals surface area contributed by atoms with Gasteiger partial charge in [-0.2, -0.15) is 0 Å². The Bertz CT molecular complexity index is 143. The van der Waals surface area contributed by atoms with Gasteiger partial charge in [-0.15, -0.1) is 23.2 Å². The molecule has 1 aliphatic carbocycles. The summed E-state index contributed by atoms with van der Waals surface area (Å²) in [5, 5.41) is 0.288. The van der Waals surface area contributed by atoms with Gasteiger partial charge in [-0.1, -0.05) is 11.1 Å². The average molecular weight is 179 g/mol. The van der Waals surface area contributed by atoms with Crippen LogP contribution in [0.2, 0.25) is 0 Å². The second-order valence-corrected chi connectivity index (χ2v) is 4.12. The summed E-state index contributed by atoms with van der Waals surface area (Å²) in [5.74, 6) is 0. The van der Waals surface area contributed by atoms with Gasteiger partial charge in [0.05, 0.1) is 10.8 Å². The normalized spacial score (nSPS) is 34.8. The van der Waals surface area contributed by atoms with Gasteiger partial charge < -0.3 is 0 Å². The van der Waals surface area contributed by atoms with Crippen LogP contribution in [0.3, 0.4) is 0 Å². The van der Waals surface area contributed by atoms with E-state index in [9.17, 15) is 0 Å². The second kappa shape index (κ2) is 3.15. The highest BCUT2D eigenvalue weighted by Gasteiger charge is 2.22. The summed E-state index contributed by atoms with van der Waals surface area (Å²) in [6.45, 7) is 4.26. The highest BCUT2D eigenvalue weighted by Crippen LogP contribution is 2.31. The number of halogens is 2. The van der Waals surface area contributed by atoms with Gasteiger partial charge in [0.15, 0.2) is 0 Å². The maximum atomic E-state index is 5.96. The van der Waals surface area contributed by atoms with Crippen molar-refractivity contribution in [1.29, 1.82) is 0 Å². The summed E-state index contributed by atoms with van der Waals surface area (Å²) in [6, 6.07) is 0. The standard InChI is InChI=1S/C8H12Cl2/c1-5-3-7(9)8(10)4-6(5)2/h7-8H,3-4H2,1-2H3/t7-,8-/m0/s1. The third-order valence-electron chi connectivity index (χ3n) is 2.12. The molecule has 10 heavy (non-hydrogen) atoms. The van der Waals surface area contributed by atoms with Crippen molar-refractivity contribution in [3.8, 4) is 0 Å². The van der Waals surface area contributed by atoms with E-state index in [1.165, 1.54) is 11.1 Å². The van der Waals surface area contributed by atoms with Crippen molar-refractivity contribution in [3.63, 3.8) is 0 Å². The molecule has 0 aliphatic heterocycles. The minimum absolute atomic E-state index is 0.144. The van der Waals surface area contributed by atoms with Crippen molar-refractivity contribution in [2.45, 2.75) is 37.4 Å². The number of rotatable bonds is 0. The smallest absolute Gasteiger partial charge is 0.0539 e. The van der Waals surface area contributed by atoms with Gasteiger partial charge in [-0.05, 0) is 26.7 Å². The molecular weight excluding hydrogens is 167 g/mol. The first kappa shape index (κ1) is 8.42. The molecule has 58 valence electrons. The zero-order chi connectivity index (χ0) is 7.72. The Morgan fingerprint density at radius 1 is 1.00 bits per heavy atom. The molecule has 0 nitrogen and oxygen atoms in total. The van der Waals surface area contributed by atoms with Crippen LogP contribution in [0.4, 0.5) is 0 Å². The minimum atomic E-state index is 0.144. The number of hydrogen-bond donors (Lipinski definition) is 0. The van der Waals surface area contributed by atoms with Gasteiger partial charge in [0.25, 0.3) is 0 Å². The zero-order valence-corrected chi connectivity index (χ0v) is 7.84. The van der Waals surface area contributed by atoms with Gasteiger partial charge in [0.1, 0.15) is 0 Å². The lowest BCUT2D eigenvalue weighted by Gasteiger charge is -2.24. The van der Waals surface area contributed by atoms with Crippen molar-refractivity contribution in [2.24, 2.45) is 0 Å². The quantitative estimate of drug-likeness (QED) is 0.395. The van der Waals surface area contributed by atoms with E-state index in [4.69, 9.17) is 23.2 Å². The highest BCUT2D eigenvalue weighted by atomic mass is 35.5. The Morgan fingerprint density at radius 2 is 1.30 bits per heavy atom. The van der Waals surface area contributed by atoms with Crippen LogP contribution in [-0.2, 0) is 0 Å². The first-order valence-corrected chi connectivity index (χ1v) is 4.42. The minimum Gasteiger partial charge on any atom is -0.121 e. The van der Waals surface area contributed by atoms with Gasteiger partial charge >= 0.3 is 0 Å². The number of hydrogen-bond acceptors (Lipinski definition) is 0. The maximum absolute atomic E-state index is 5.96. The fourth-order valence-electron chi connectivity index (χ4n) is 1.19. The summed E-state index contributed by atoms with van der Waals surface area (Å²) in [4.78, 5) is 0. The van der Waals surface area contributed by atoms with Crippen LogP contribution in [0, 0.1) is 0 Å². The van der Waals surface area contributed by atoms with Crippen LogP contribution < -0.4 is 0 Å². The van der Waals surface area contributed by atoms with E-state index < -0.39 is 0 Å². The summed E-state index contributed by atoms with van der Waals surface area (Å²) in [7, 11) is 0. The maximum Gasteiger partial charge on any atom is 0.0539 e. The number of allylic oxidation sites excluding steroid dienone is 2. The molecule has 1 aliphatic rings. The lowest BCUT2D eigenvalue weighted by Crippen LogP contribution is -2.20. The zero-order valence-electron chi connectivity index (χ0n) is 6.32. The van der Waals surface area contributed by atoms with Crippen molar-refractivity contribution >= 4 is 23.2 Å². The van der Waals surface area contributed by atoms with E-state index in [0.717, 1.165) is 12.8 Å². The SMILES string of the molecule is CC1=C(C)C[C@H](Cl)[C@@H](Cl)C1. The second-order valence-electron chi connectivity index (χ2n) is 3.00. The molecular formula is C8H12Cl2. The molecule has 0 radical (unpaired) electrons. The van der Waals surface area contributed by atoms with Crippen LogP contribution in [-0.4, -0.2) is 10.8 Å². The molecule has 2 heteroatoms. The molecule has 0 bridgehead atoms. The topological polar surface area (TPSA) is 0 Å². The highest BCUT2D eigenvalue weighted by molar-refractivity contribution is 6.30. The molecule has 0 saturated carbocycles. The summed E-state index contributed by atoms with van der Waals surface area (Å²) in [6.07, 6.45) is 1.92. The number of alkyl halides is 2. The van der Waals surface area contributed by atoms with Crippen LogP contribution in [0.5, 0.6) is 0 Å². The molecule has 0 aromatic carbocycles. The lowest BCUT2D eigenvalue weighted by molar-refractivity contribution is 0.689. The summed E-state index contributed by atoms with van der Waals surface area (Å²) >= 11 is 11.9. The fraction of sp³-hybridized carbons (Fsp3) is 0.750. The Balaban J connectivity index is 2.69. The van der Waals surface area contributed by atoms with E-state index >= 15 is 0 Å². The van der Waals surface area contributed by atoms with E-state index in [2.05, 4.69) is 13.8 Å². The summed E-state index contributed by atoms with van der Waals surface area (Å²) < 4.78 is 0. The largest absolute Gasteiger partial charge is 0.121 e. The van der Waals surface area contributed by atoms with Gasteiger partial charge in [0, 0.05) is 0 Å². The molecule has 0 saturated heterocycles. The fourth-order valence-corrected chi connectivity index (χ4v) is 1.83. The predicted octanol–water partition coefficient (Wildman–Crippen LogP) is 3.33. The van der Waals surface area contributed by atoms with E-state index in [1.54, 1.807) is 0 Å². The van der Waals surface area contributed by atoms with Crippen LogP contribution in [0.1, 0.15) is 26.7 Å². The first-order chi connectivity index (χ1) is 4.61. The molecule has 0 amide bonds. The van der Waals surface area contributed by atoms with Crippen molar-refractivity contribution in [2.75, 3.05) is 0 Å². The molecule has 0 unspecified atom stereocenters. The van der Waals surface area contributed by atoms with Crippen LogP contribution in [0.25, 0.3) is 0 Å². The van der Waals surface area contributed by atoms with Crippen molar-refractivity contribution in [1.82, 2.24) is 0 Å². The van der Waals surface area contributed by atoms with Gasteiger partial charge in [-0.25, -0.2) is 0 Å². The van der Waals surface area contributed by atoms with Gasteiger partial charge in [0.2, 0.25) is 0 Å². The molecule has 0 spiro atoms. The summed E-state index contributed by atoms with van der Waals surface area (Å²) in [5.41, 5.74) is 2.83. The molecule has 0 aromatic rings. The lowest BCUT2D eigenvalue weighted by atomic mass is 9.93. The third kappa shape index (κ3) is 1.67. The van der Waals surface area contributed by atoms with Crippen molar-refractivity contribution < 1.29 is 0 Å². The van der Waals surface area contributed by atoms with Crippen molar-refractivity contribution in [3.05, 3.63) is 11.1 Å². The van der Waals surface area contributed by atoms with E-state index in [-0.39, 0.29) is 10.8 Å². The van der Waals surface area contributed by atoms with Crippen LogP contribution >= 0.6 is 23.2 Å². The Hall–Kier alpha value is 0.320. The molecule has 0 heterocycles. The molecule has 1 rings (SSSR count). The van der Waals surface area contributed by atoms with E-state index in [0.29, 0.717) is 0 Å². The Kier molecular flexibility index (Phi) is 2.65.